The smallest absolute Gasteiger partial charge is 0.216 e. The third kappa shape index (κ3) is 4.04. The van der Waals surface area contributed by atoms with Crippen molar-refractivity contribution in [2.24, 2.45) is 5.92 Å². The van der Waals surface area contributed by atoms with Crippen LogP contribution < -0.4 is 0 Å². The molecule has 0 saturated carbocycles. The number of carbonyl (C=O) groups is 1. The Balaban J connectivity index is 2.57. The highest BCUT2D eigenvalue weighted by atomic mass is 32.2. The maximum atomic E-state index is 12.0. The van der Waals surface area contributed by atoms with Gasteiger partial charge in [0.1, 0.15) is 5.78 Å². The number of ketones is 1. The Kier molecular flexibility index (Phi) is 5.55. The lowest BCUT2D eigenvalue weighted by Gasteiger charge is -2.30. The lowest BCUT2D eigenvalue weighted by molar-refractivity contribution is -0.125. The zero-order valence-electron chi connectivity index (χ0n) is 10.5. The first-order chi connectivity index (χ1) is 8.01. The Morgan fingerprint density at radius 3 is 2.71 bits per heavy atom. The molecule has 1 unspecified atom stereocenters. The van der Waals surface area contributed by atoms with Gasteiger partial charge in [0.05, 0.1) is 12.4 Å². The van der Waals surface area contributed by atoms with Gasteiger partial charge in [0.15, 0.2) is 0 Å². The Morgan fingerprint density at radius 1 is 1.41 bits per heavy atom. The van der Waals surface area contributed by atoms with Gasteiger partial charge in [-0.1, -0.05) is 6.92 Å². The Bertz CT molecular complexity index is 352. The molecule has 6 heteroatoms. The van der Waals surface area contributed by atoms with E-state index in [2.05, 4.69) is 0 Å². The van der Waals surface area contributed by atoms with Crippen LogP contribution in [0.2, 0.25) is 0 Å². The van der Waals surface area contributed by atoms with Crippen molar-refractivity contribution in [1.82, 2.24) is 4.31 Å². The number of piperidine rings is 1. The molecule has 0 amide bonds. The van der Waals surface area contributed by atoms with E-state index in [4.69, 9.17) is 4.74 Å². The maximum absolute atomic E-state index is 12.0. The van der Waals surface area contributed by atoms with Crippen molar-refractivity contribution in [3.63, 3.8) is 0 Å². The summed E-state index contributed by atoms with van der Waals surface area (Å²) in [5.41, 5.74) is 0. The minimum atomic E-state index is -3.27. The molecule has 0 bridgehead atoms. The second-order valence-corrected chi connectivity index (χ2v) is 6.28. The highest BCUT2D eigenvalue weighted by Gasteiger charge is 2.32. The molecule has 1 atom stereocenters. The van der Waals surface area contributed by atoms with Gasteiger partial charge in [-0.2, -0.15) is 0 Å². The fourth-order valence-corrected chi connectivity index (χ4v) is 3.29. The quantitative estimate of drug-likeness (QED) is 0.660. The summed E-state index contributed by atoms with van der Waals surface area (Å²) < 4.78 is 30.4. The average Bonchev–Trinajstić information content (AvgIpc) is 2.29. The van der Waals surface area contributed by atoms with Crippen molar-refractivity contribution < 1.29 is 17.9 Å². The zero-order chi connectivity index (χ0) is 12.9. The van der Waals surface area contributed by atoms with E-state index < -0.39 is 10.0 Å². The van der Waals surface area contributed by atoms with Gasteiger partial charge in [-0.05, 0) is 13.3 Å². The highest BCUT2D eigenvalue weighted by molar-refractivity contribution is 7.89. The van der Waals surface area contributed by atoms with E-state index in [1.807, 2.05) is 13.8 Å². The molecule has 0 aliphatic carbocycles. The van der Waals surface area contributed by atoms with Crippen molar-refractivity contribution in [1.29, 1.82) is 0 Å². The molecule has 0 aromatic carbocycles. The van der Waals surface area contributed by atoms with Crippen molar-refractivity contribution in [2.75, 3.05) is 32.1 Å². The largest absolute Gasteiger partial charge is 0.381 e. The predicted octanol–water partition coefficient (Wildman–Crippen LogP) is 0.654. The molecule has 0 aromatic rings. The van der Waals surface area contributed by atoms with E-state index in [0.29, 0.717) is 32.5 Å². The molecule has 0 spiro atoms. The van der Waals surface area contributed by atoms with Crippen LogP contribution >= 0.6 is 0 Å². The van der Waals surface area contributed by atoms with Crippen LogP contribution in [0.1, 0.15) is 26.7 Å². The monoisotopic (exact) mass is 263 g/mol. The van der Waals surface area contributed by atoms with Gasteiger partial charge >= 0.3 is 0 Å². The predicted molar refractivity (Wildman–Crippen MR) is 65.3 cm³/mol. The van der Waals surface area contributed by atoms with Gasteiger partial charge in [0.25, 0.3) is 0 Å². The van der Waals surface area contributed by atoms with Crippen LogP contribution in [0.4, 0.5) is 0 Å². The Labute approximate surface area is 103 Å². The maximum Gasteiger partial charge on any atom is 0.216 e. The first-order valence-corrected chi connectivity index (χ1v) is 7.70. The fourth-order valence-electron chi connectivity index (χ4n) is 1.93. The van der Waals surface area contributed by atoms with E-state index in [-0.39, 0.29) is 24.1 Å². The summed E-state index contributed by atoms with van der Waals surface area (Å²) in [5, 5.41) is 0. The van der Waals surface area contributed by atoms with Crippen molar-refractivity contribution in [2.45, 2.75) is 26.7 Å². The molecule has 0 aromatic heterocycles. The van der Waals surface area contributed by atoms with Gasteiger partial charge in [0.2, 0.25) is 10.0 Å². The van der Waals surface area contributed by atoms with Crippen molar-refractivity contribution in [3.8, 4) is 0 Å². The van der Waals surface area contributed by atoms with Gasteiger partial charge in [-0.3, -0.25) is 4.79 Å². The summed E-state index contributed by atoms with van der Waals surface area (Å²) in [4.78, 5) is 11.5. The second-order valence-electron chi connectivity index (χ2n) is 4.19. The summed E-state index contributed by atoms with van der Waals surface area (Å²) in [6.07, 6.45) is 1.04. The minimum absolute atomic E-state index is 0.00542. The molecule has 0 N–H and O–H groups in total. The van der Waals surface area contributed by atoms with Crippen LogP contribution in [-0.4, -0.2) is 50.6 Å². The lowest BCUT2D eigenvalue weighted by Crippen LogP contribution is -2.45. The molecule has 0 radical (unpaired) electrons. The van der Waals surface area contributed by atoms with E-state index in [9.17, 15) is 13.2 Å². The van der Waals surface area contributed by atoms with Crippen LogP contribution in [0.3, 0.4) is 0 Å². The van der Waals surface area contributed by atoms with Crippen molar-refractivity contribution >= 4 is 15.8 Å². The third-order valence-electron chi connectivity index (χ3n) is 3.06. The molecular weight excluding hydrogens is 242 g/mol. The molecule has 17 heavy (non-hydrogen) atoms. The fraction of sp³-hybridized carbons (Fsp3) is 0.909. The van der Waals surface area contributed by atoms with E-state index in [1.54, 1.807) is 0 Å². The SMILES string of the molecule is CCOCCS(=O)(=O)N1CCC(=O)C(CC)C1. The van der Waals surface area contributed by atoms with Crippen LogP contribution in [0.15, 0.2) is 0 Å². The molecular formula is C11H21NO4S. The number of sulfonamides is 1. The Morgan fingerprint density at radius 2 is 2.12 bits per heavy atom. The number of Topliss-reactive ketones (excluding diaryl/α,β-unsaturated/α-hetero) is 1. The van der Waals surface area contributed by atoms with E-state index >= 15 is 0 Å². The van der Waals surface area contributed by atoms with Crippen LogP contribution in [0.25, 0.3) is 0 Å². The number of rotatable bonds is 6. The third-order valence-corrected chi connectivity index (χ3v) is 4.86. The van der Waals surface area contributed by atoms with Crippen LogP contribution in [0.5, 0.6) is 0 Å². The van der Waals surface area contributed by atoms with Crippen molar-refractivity contribution in [3.05, 3.63) is 0 Å². The molecule has 5 nitrogen and oxygen atoms in total. The lowest BCUT2D eigenvalue weighted by atomic mass is 9.96. The number of carbonyl (C=O) groups excluding carboxylic acids is 1. The summed E-state index contributed by atoms with van der Waals surface area (Å²) in [7, 11) is -3.27. The standard InChI is InChI=1S/C11H21NO4S/c1-3-10-9-12(6-5-11(10)13)17(14,15)8-7-16-4-2/h10H,3-9H2,1-2H3. The van der Waals surface area contributed by atoms with Gasteiger partial charge < -0.3 is 4.74 Å². The zero-order valence-corrected chi connectivity index (χ0v) is 11.3. The summed E-state index contributed by atoms with van der Waals surface area (Å²) in [6.45, 7) is 5.15. The summed E-state index contributed by atoms with van der Waals surface area (Å²) >= 11 is 0. The first-order valence-electron chi connectivity index (χ1n) is 6.09. The van der Waals surface area contributed by atoms with Gasteiger partial charge in [-0.25, -0.2) is 12.7 Å². The van der Waals surface area contributed by atoms with E-state index in [0.717, 1.165) is 0 Å². The second kappa shape index (κ2) is 6.47. The molecule has 1 aliphatic rings. The first kappa shape index (κ1) is 14.6. The minimum Gasteiger partial charge on any atom is -0.381 e. The molecule has 1 fully saturated rings. The van der Waals surface area contributed by atoms with Gasteiger partial charge in [-0.15, -0.1) is 0 Å². The molecule has 1 heterocycles. The molecule has 1 saturated heterocycles. The normalized spacial score (nSPS) is 22.9. The van der Waals surface area contributed by atoms with Crippen LogP contribution in [-0.2, 0) is 19.6 Å². The molecule has 100 valence electrons. The summed E-state index contributed by atoms with van der Waals surface area (Å²) in [6, 6.07) is 0. The number of hydrogen-bond acceptors (Lipinski definition) is 4. The summed E-state index contributed by atoms with van der Waals surface area (Å²) in [5.74, 6) is 0.0558. The number of hydrogen-bond donors (Lipinski definition) is 0. The number of nitrogens with zero attached hydrogens (tertiary/aromatic N) is 1. The number of ether oxygens (including phenoxy) is 1. The highest BCUT2D eigenvalue weighted by Crippen LogP contribution is 2.18. The molecule has 1 rings (SSSR count). The van der Waals surface area contributed by atoms with Gasteiger partial charge in [0, 0.05) is 32.0 Å². The van der Waals surface area contributed by atoms with Crippen LogP contribution in [0, 0.1) is 5.92 Å². The average molecular weight is 263 g/mol. The van der Waals surface area contributed by atoms with E-state index in [1.165, 1.54) is 4.31 Å². The topological polar surface area (TPSA) is 63.7 Å². The molecule has 1 aliphatic heterocycles. The Hall–Kier alpha value is -0.460.